The summed E-state index contributed by atoms with van der Waals surface area (Å²) >= 11 is 0. The number of tetrazole rings is 1. The number of carbonyl (C=O) groups is 1. The Labute approximate surface area is 97.4 Å². The van der Waals surface area contributed by atoms with Crippen LogP contribution >= 0.6 is 0 Å². The summed E-state index contributed by atoms with van der Waals surface area (Å²) in [7, 11) is 3.23. The van der Waals surface area contributed by atoms with E-state index in [1.165, 1.54) is 4.90 Å². The molecule has 0 spiro atoms. The smallest absolute Gasteiger partial charge is 0.299 e. The fourth-order valence-electron chi connectivity index (χ4n) is 1.33. The van der Waals surface area contributed by atoms with Crippen LogP contribution in [0.1, 0.15) is 10.6 Å². The Bertz CT molecular complexity index is 494. The molecule has 0 unspecified atom stereocenters. The van der Waals surface area contributed by atoms with E-state index in [2.05, 4.69) is 20.6 Å². The van der Waals surface area contributed by atoms with Crippen LogP contribution in [0, 0.1) is 0 Å². The molecule has 0 fully saturated rings. The highest BCUT2D eigenvalue weighted by atomic mass is 16.5. The molecule has 0 saturated carbocycles. The van der Waals surface area contributed by atoms with Crippen molar-refractivity contribution in [2.24, 2.45) is 0 Å². The molecular formula is C10H11N5O2. The molecule has 1 N–H and O–H groups in total. The Kier molecular flexibility index (Phi) is 2.99. The molecule has 1 heterocycles. The number of carbonyl (C=O) groups excluding carboxylic acids is 1. The first-order valence-corrected chi connectivity index (χ1v) is 4.88. The summed E-state index contributed by atoms with van der Waals surface area (Å²) < 4.78 is 5.04. The number of nitrogens with zero attached hydrogens (tertiary/aromatic N) is 4. The van der Waals surface area contributed by atoms with Crippen LogP contribution in [0.2, 0.25) is 0 Å². The third-order valence-electron chi connectivity index (χ3n) is 2.30. The summed E-state index contributed by atoms with van der Waals surface area (Å²) in [5.74, 6) is 0.432. The minimum atomic E-state index is -0.330. The maximum atomic E-state index is 11.9. The van der Waals surface area contributed by atoms with Crippen molar-refractivity contribution in [3.63, 3.8) is 0 Å². The van der Waals surface area contributed by atoms with E-state index >= 15 is 0 Å². The molecule has 0 aliphatic heterocycles. The van der Waals surface area contributed by atoms with Crippen molar-refractivity contribution in [3.05, 3.63) is 30.1 Å². The van der Waals surface area contributed by atoms with Crippen LogP contribution < -0.4 is 9.64 Å². The molecule has 1 aromatic carbocycles. The number of methoxy groups -OCH3 is 1. The van der Waals surface area contributed by atoms with Crippen molar-refractivity contribution in [2.75, 3.05) is 19.1 Å². The highest BCUT2D eigenvalue weighted by Crippen LogP contribution is 2.18. The fourth-order valence-corrected chi connectivity index (χ4v) is 1.33. The minimum Gasteiger partial charge on any atom is -0.497 e. The van der Waals surface area contributed by atoms with Gasteiger partial charge in [0.2, 0.25) is 0 Å². The highest BCUT2D eigenvalue weighted by molar-refractivity contribution is 6.02. The quantitative estimate of drug-likeness (QED) is 0.833. The van der Waals surface area contributed by atoms with E-state index in [-0.39, 0.29) is 11.7 Å². The van der Waals surface area contributed by atoms with Crippen LogP contribution in [-0.2, 0) is 0 Å². The van der Waals surface area contributed by atoms with Gasteiger partial charge in [-0.15, -0.1) is 10.2 Å². The molecule has 7 heteroatoms. The van der Waals surface area contributed by atoms with Crippen LogP contribution in [0.3, 0.4) is 0 Å². The van der Waals surface area contributed by atoms with E-state index in [9.17, 15) is 4.79 Å². The number of nitrogens with one attached hydrogen (secondary N) is 1. The third-order valence-corrected chi connectivity index (χ3v) is 2.30. The van der Waals surface area contributed by atoms with Gasteiger partial charge in [-0.05, 0) is 29.5 Å². The molecule has 0 aliphatic rings. The SMILES string of the molecule is COc1ccc(N(C)C(=O)c2nn[nH]n2)cc1. The lowest BCUT2D eigenvalue weighted by atomic mass is 10.3. The highest BCUT2D eigenvalue weighted by Gasteiger charge is 2.17. The number of benzene rings is 1. The lowest BCUT2D eigenvalue weighted by Crippen LogP contribution is -2.27. The molecule has 0 radical (unpaired) electrons. The molecule has 2 aromatic rings. The van der Waals surface area contributed by atoms with Gasteiger partial charge in [0.1, 0.15) is 5.75 Å². The largest absolute Gasteiger partial charge is 0.497 e. The van der Waals surface area contributed by atoms with E-state index in [4.69, 9.17) is 4.74 Å². The molecule has 1 aromatic heterocycles. The van der Waals surface area contributed by atoms with Gasteiger partial charge in [0.15, 0.2) is 0 Å². The van der Waals surface area contributed by atoms with E-state index in [0.717, 1.165) is 11.4 Å². The van der Waals surface area contributed by atoms with Crippen molar-refractivity contribution < 1.29 is 9.53 Å². The topological polar surface area (TPSA) is 84.0 Å². The van der Waals surface area contributed by atoms with Crippen molar-refractivity contribution in [2.45, 2.75) is 0 Å². The number of anilines is 1. The number of hydrogen-bond donors (Lipinski definition) is 1. The maximum absolute atomic E-state index is 11.9. The zero-order valence-electron chi connectivity index (χ0n) is 9.41. The first-order valence-electron chi connectivity index (χ1n) is 4.88. The number of ether oxygens (including phenoxy) is 1. The van der Waals surface area contributed by atoms with Gasteiger partial charge in [-0.25, -0.2) is 0 Å². The first kappa shape index (κ1) is 11.1. The molecule has 0 atom stereocenters. The van der Waals surface area contributed by atoms with Gasteiger partial charge >= 0.3 is 0 Å². The summed E-state index contributed by atoms with van der Waals surface area (Å²) in [6, 6.07) is 7.10. The number of aromatic amines is 1. The van der Waals surface area contributed by atoms with Gasteiger partial charge in [-0.1, -0.05) is 0 Å². The first-order chi connectivity index (χ1) is 8.22. The van der Waals surface area contributed by atoms with Crippen molar-refractivity contribution >= 4 is 11.6 Å². The van der Waals surface area contributed by atoms with Crippen LogP contribution in [0.4, 0.5) is 5.69 Å². The zero-order valence-corrected chi connectivity index (χ0v) is 9.41. The summed E-state index contributed by atoms with van der Waals surface area (Å²) in [6.45, 7) is 0. The van der Waals surface area contributed by atoms with Crippen molar-refractivity contribution in [1.29, 1.82) is 0 Å². The molecule has 17 heavy (non-hydrogen) atoms. The summed E-state index contributed by atoms with van der Waals surface area (Å²) in [5.41, 5.74) is 0.723. The number of hydrogen-bond acceptors (Lipinski definition) is 5. The van der Waals surface area contributed by atoms with Gasteiger partial charge < -0.3 is 9.64 Å². The molecule has 0 saturated heterocycles. The van der Waals surface area contributed by atoms with E-state index in [0.29, 0.717) is 0 Å². The van der Waals surface area contributed by atoms with Crippen LogP contribution in [-0.4, -0.2) is 40.7 Å². The second-order valence-corrected chi connectivity index (χ2v) is 3.30. The normalized spacial score (nSPS) is 10.0. The molecule has 1 amide bonds. The molecule has 88 valence electrons. The number of aromatic nitrogens is 4. The maximum Gasteiger partial charge on any atom is 0.299 e. The number of rotatable bonds is 3. The lowest BCUT2D eigenvalue weighted by Gasteiger charge is -2.15. The predicted molar refractivity (Wildman–Crippen MR) is 59.9 cm³/mol. The number of H-pyrrole nitrogens is 1. The van der Waals surface area contributed by atoms with E-state index in [1.54, 1.807) is 38.4 Å². The Morgan fingerprint density at radius 3 is 2.59 bits per heavy atom. The van der Waals surface area contributed by atoms with Crippen LogP contribution in [0.15, 0.2) is 24.3 Å². The van der Waals surface area contributed by atoms with Gasteiger partial charge in [0, 0.05) is 12.7 Å². The van der Waals surface area contributed by atoms with Crippen molar-refractivity contribution in [1.82, 2.24) is 20.6 Å². The second-order valence-electron chi connectivity index (χ2n) is 3.30. The standard InChI is InChI=1S/C10H11N5O2/c1-15(10(16)9-11-13-14-12-9)7-3-5-8(17-2)6-4-7/h3-6H,1-2H3,(H,11,12,13,14). The van der Waals surface area contributed by atoms with Crippen LogP contribution in [0.5, 0.6) is 5.75 Å². The zero-order chi connectivity index (χ0) is 12.3. The Hall–Kier alpha value is -2.44. The summed E-state index contributed by atoms with van der Waals surface area (Å²) in [5, 5.41) is 12.8. The van der Waals surface area contributed by atoms with Crippen LogP contribution in [0.25, 0.3) is 0 Å². The van der Waals surface area contributed by atoms with Gasteiger partial charge in [0.25, 0.3) is 11.7 Å². The summed E-state index contributed by atoms with van der Waals surface area (Å²) in [6.07, 6.45) is 0. The van der Waals surface area contributed by atoms with E-state index in [1.807, 2.05) is 0 Å². The molecule has 2 rings (SSSR count). The fraction of sp³-hybridized carbons (Fsp3) is 0.200. The molecule has 0 bridgehead atoms. The Morgan fingerprint density at radius 2 is 2.06 bits per heavy atom. The monoisotopic (exact) mass is 233 g/mol. The van der Waals surface area contributed by atoms with Gasteiger partial charge in [0.05, 0.1) is 7.11 Å². The number of amides is 1. The predicted octanol–water partition coefficient (Wildman–Crippen LogP) is 0.485. The molecule has 0 aliphatic carbocycles. The van der Waals surface area contributed by atoms with E-state index < -0.39 is 0 Å². The average Bonchev–Trinajstić information content (AvgIpc) is 2.91. The Morgan fingerprint density at radius 1 is 1.35 bits per heavy atom. The second kappa shape index (κ2) is 4.60. The molecular weight excluding hydrogens is 222 g/mol. The Balaban J connectivity index is 2.19. The lowest BCUT2D eigenvalue weighted by molar-refractivity contribution is 0.0983. The average molecular weight is 233 g/mol. The van der Waals surface area contributed by atoms with Gasteiger partial charge in [-0.2, -0.15) is 5.21 Å². The minimum absolute atomic E-state index is 0.0309. The van der Waals surface area contributed by atoms with Crippen molar-refractivity contribution in [3.8, 4) is 5.75 Å². The molecule has 7 nitrogen and oxygen atoms in total. The summed E-state index contributed by atoms with van der Waals surface area (Å²) in [4.78, 5) is 13.3. The third kappa shape index (κ3) is 2.22. The van der Waals surface area contributed by atoms with Gasteiger partial charge in [-0.3, -0.25) is 4.79 Å².